The number of H-pyrrole nitrogens is 1. The standard InChI is InChI=1S/C13H21N5O/c14-13(19)18(8-7-17-5-1-2-6-17)12-9-11(15-16-12)10-3-4-10/h9-10H,1-8H2,(H2,14,19)(H,15,16). The lowest BCUT2D eigenvalue weighted by atomic mass is 10.3. The lowest BCUT2D eigenvalue weighted by Gasteiger charge is -2.22. The molecule has 1 aliphatic carbocycles. The van der Waals surface area contributed by atoms with E-state index in [4.69, 9.17) is 5.73 Å². The molecule has 1 aromatic rings. The van der Waals surface area contributed by atoms with Gasteiger partial charge in [0.25, 0.3) is 0 Å². The minimum absolute atomic E-state index is 0.412. The molecule has 0 spiro atoms. The van der Waals surface area contributed by atoms with E-state index in [1.165, 1.54) is 25.7 Å². The first-order chi connectivity index (χ1) is 9.24. The van der Waals surface area contributed by atoms with Crippen LogP contribution in [0.4, 0.5) is 10.6 Å². The Labute approximate surface area is 112 Å². The number of rotatable bonds is 5. The van der Waals surface area contributed by atoms with Crippen molar-refractivity contribution in [2.24, 2.45) is 5.73 Å². The van der Waals surface area contributed by atoms with Crippen molar-refractivity contribution in [3.63, 3.8) is 0 Å². The summed E-state index contributed by atoms with van der Waals surface area (Å²) >= 11 is 0. The predicted molar refractivity (Wildman–Crippen MR) is 73.2 cm³/mol. The van der Waals surface area contributed by atoms with Gasteiger partial charge in [0.1, 0.15) is 5.82 Å². The highest BCUT2D eigenvalue weighted by Gasteiger charge is 2.27. The monoisotopic (exact) mass is 263 g/mol. The number of nitrogens with one attached hydrogen (secondary N) is 1. The van der Waals surface area contributed by atoms with Crippen LogP contribution in [0.3, 0.4) is 0 Å². The molecule has 2 aliphatic rings. The van der Waals surface area contributed by atoms with Gasteiger partial charge in [-0.1, -0.05) is 0 Å². The summed E-state index contributed by atoms with van der Waals surface area (Å²) in [6, 6.07) is 1.55. The van der Waals surface area contributed by atoms with Crippen molar-refractivity contribution < 1.29 is 4.79 Å². The second kappa shape index (κ2) is 5.21. The van der Waals surface area contributed by atoms with Crippen LogP contribution < -0.4 is 10.6 Å². The van der Waals surface area contributed by atoms with Gasteiger partial charge in [0, 0.05) is 25.1 Å². The number of carbonyl (C=O) groups is 1. The number of anilines is 1. The zero-order valence-corrected chi connectivity index (χ0v) is 11.1. The Bertz CT molecular complexity index is 448. The van der Waals surface area contributed by atoms with Crippen molar-refractivity contribution in [2.45, 2.75) is 31.6 Å². The van der Waals surface area contributed by atoms with E-state index >= 15 is 0 Å². The topological polar surface area (TPSA) is 78.2 Å². The fraction of sp³-hybridized carbons (Fsp3) is 0.692. The summed E-state index contributed by atoms with van der Waals surface area (Å²) in [6.45, 7) is 3.76. The van der Waals surface area contributed by atoms with Gasteiger partial charge in [-0.25, -0.2) is 4.79 Å². The van der Waals surface area contributed by atoms with E-state index in [2.05, 4.69) is 15.1 Å². The first kappa shape index (κ1) is 12.5. The highest BCUT2D eigenvalue weighted by atomic mass is 16.2. The van der Waals surface area contributed by atoms with E-state index in [-0.39, 0.29) is 0 Å². The average molecular weight is 263 g/mol. The number of urea groups is 1. The summed E-state index contributed by atoms with van der Waals surface area (Å²) in [5.41, 5.74) is 6.53. The second-order valence-electron chi connectivity index (χ2n) is 5.49. The van der Waals surface area contributed by atoms with E-state index in [1.54, 1.807) is 4.90 Å². The lowest BCUT2D eigenvalue weighted by molar-refractivity contribution is 0.252. The van der Waals surface area contributed by atoms with Crippen molar-refractivity contribution in [1.29, 1.82) is 0 Å². The Morgan fingerprint density at radius 2 is 2.21 bits per heavy atom. The van der Waals surface area contributed by atoms with Crippen LogP contribution in [-0.2, 0) is 0 Å². The van der Waals surface area contributed by atoms with Gasteiger partial charge in [-0.15, -0.1) is 0 Å². The maximum atomic E-state index is 11.6. The van der Waals surface area contributed by atoms with Crippen LogP contribution >= 0.6 is 0 Å². The van der Waals surface area contributed by atoms with Crippen LogP contribution in [0.25, 0.3) is 0 Å². The Kier molecular flexibility index (Phi) is 3.42. The Morgan fingerprint density at radius 3 is 2.84 bits per heavy atom. The van der Waals surface area contributed by atoms with Gasteiger partial charge in [0.15, 0.2) is 0 Å². The number of nitrogens with two attached hydrogens (primary N) is 1. The van der Waals surface area contributed by atoms with Gasteiger partial charge in [-0.3, -0.25) is 10.00 Å². The van der Waals surface area contributed by atoms with Crippen LogP contribution in [0.2, 0.25) is 0 Å². The van der Waals surface area contributed by atoms with E-state index in [1.807, 2.05) is 6.07 Å². The number of hydrogen-bond donors (Lipinski definition) is 2. The van der Waals surface area contributed by atoms with Crippen LogP contribution in [0.15, 0.2) is 6.07 Å². The summed E-state index contributed by atoms with van der Waals surface area (Å²) in [7, 11) is 0. The Hall–Kier alpha value is -1.56. The molecule has 0 atom stereocenters. The Balaban J connectivity index is 1.63. The van der Waals surface area contributed by atoms with Crippen LogP contribution in [0.1, 0.15) is 37.3 Å². The molecule has 1 saturated heterocycles. The summed E-state index contributed by atoms with van der Waals surface area (Å²) < 4.78 is 0. The normalized spacial score (nSPS) is 19.8. The molecule has 19 heavy (non-hydrogen) atoms. The largest absolute Gasteiger partial charge is 0.351 e. The van der Waals surface area contributed by atoms with Crippen molar-refractivity contribution in [3.05, 3.63) is 11.8 Å². The highest BCUT2D eigenvalue weighted by molar-refractivity contribution is 5.89. The molecule has 0 unspecified atom stereocenters. The third-order valence-corrected chi connectivity index (χ3v) is 3.98. The van der Waals surface area contributed by atoms with E-state index in [0.29, 0.717) is 12.5 Å². The first-order valence-electron chi connectivity index (χ1n) is 7.08. The molecule has 3 N–H and O–H groups in total. The number of primary amides is 1. The molecular formula is C13H21N5O. The van der Waals surface area contributed by atoms with Gasteiger partial charge in [-0.2, -0.15) is 5.10 Å². The molecule has 3 rings (SSSR count). The zero-order chi connectivity index (χ0) is 13.2. The smallest absolute Gasteiger partial charge is 0.320 e. The molecular weight excluding hydrogens is 242 g/mol. The summed E-state index contributed by atoms with van der Waals surface area (Å²) in [4.78, 5) is 15.5. The second-order valence-corrected chi connectivity index (χ2v) is 5.49. The molecule has 1 aliphatic heterocycles. The van der Waals surface area contributed by atoms with E-state index in [9.17, 15) is 4.79 Å². The number of nitrogens with zero attached hydrogens (tertiary/aromatic N) is 3. The van der Waals surface area contributed by atoms with Crippen molar-refractivity contribution in [3.8, 4) is 0 Å². The van der Waals surface area contributed by atoms with Gasteiger partial charge < -0.3 is 10.6 Å². The van der Waals surface area contributed by atoms with Crippen LogP contribution in [-0.4, -0.2) is 47.3 Å². The molecule has 6 heteroatoms. The third-order valence-electron chi connectivity index (χ3n) is 3.98. The maximum absolute atomic E-state index is 11.6. The number of amides is 2. The fourth-order valence-electron chi connectivity index (χ4n) is 2.65. The summed E-state index contributed by atoms with van der Waals surface area (Å²) in [6.07, 6.45) is 4.92. The van der Waals surface area contributed by atoms with Gasteiger partial charge in [0.2, 0.25) is 0 Å². The fourth-order valence-corrected chi connectivity index (χ4v) is 2.65. The molecule has 2 amide bonds. The molecule has 0 bridgehead atoms. The SMILES string of the molecule is NC(=O)N(CCN1CCCC1)c1cc(C2CC2)n[nH]1. The van der Waals surface area contributed by atoms with Crippen molar-refractivity contribution in [1.82, 2.24) is 15.1 Å². The highest BCUT2D eigenvalue weighted by Crippen LogP contribution is 2.39. The molecule has 104 valence electrons. The first-order valence-corrected chi connectivity index (χ1v) is 7.08. The minimum Gasteiger partial charge on any atom is -0.351 e. The Morgan fingerprint density at radius 1 is 1.47 bits per heavy atom. The molecule has 2 fully saturated rings. The van der Waals surface area contributed by atoms with E-state index < -0.39 is 6.03 Å². The number of carbonyl (C=O) groups excluding carboxylic acids is 1. The van der Waals surface area contributed by atoms with Gasteiger partial charge in [-0.05, 0) is 38.8 Å². The number of aromatic amines is 1. The third kappa shape index (κ3) is 2.89. The van der Waals surface area contributed by atoms with Crippen molar-refractivity contribution in [2.75, 3.05) is 31.1 Å². The quantitative estimate of drug-likeness (QED) is 0.839. The number of aromatic nitrogens is 2. The molecule has 1 saturated carbocycles. The number of likely N-dealkylation sites (tertiary alicyclic amines) is 1. The molecule has 2 heterocycles. The molecule has 6 nitrogen and oxygen atoms in total. The molecule has 0 radical (unpaired) electrons. The molecule has 1 aromatic heterocycles. The maximum Gasteiger partial charge on any atom is 0.320 e. The average Bonchev–Trinajstić information content (AvgIpc) is 2.91. The minimum atomic E-state index is -0.412. The molecule has 0 aromatic carbocycles. The van der Waals surface area contributed by atoms with Gasteiger partial charge >= 0.3 is 6.03 Å². The summed E-state index contributed by atoms with van der Waals surface area (Å²) in [5.74, 6) is 1.31. The van der Waals surface area contributed by atoms with E-state index in [0.717, 1.165) is 31.1 Å². The van der Waals surface area contributed by atoms with Crippen LogP contribution in [0.5, 0.6) is 0 Å². The number of hydrogen-bond acceptors (Lipinski definition) is 3. The zero-order valence-electron chi connectivity index (χ0n) is 11.1. The predicted octanol–water partition coefficient (Wildman–Crippen LogP) is 1.27. The van der Waals surface area contributed by atoms with Gasteiger partial charge in [0.05, 0.1) is 5.69 Å². The summed E-state index contributed by atoms with van der Waals surface area (Å²) in [5, 5.41) is 7.21. The van der Waals surface area contributed by atoms with Crippen LogP contribution in [0, 0.1) is 0 Å². The van der Waals surface area contributed by atoms with Crippen molar-refractivity contribution >= 4 is 11.8 Å². The lowest BCUT2D eigenvalue weighted by Crippen LogP contribution is -2.41.